The molecule has 0 radical (unpaired) electrons. The van der Waals surface area contributed by atoms with Gasteiger partial charge in [-0.2, -0.15) is 0 Å². The first-order valence-electron chi connectivity index (χ1n) is 5.83. The number of ether oxygens (including phenoxy) is 3. The van der Waals surface area contributed by atoms with Crippen molar-refractivity contribution in [1.29, 1.82) is 0 Å². The number of carbonyl (C=O) groups is 2. The Hall–Kier alpha value is -2.82. The van der Waals surface area contributed by atoms with Gasteiger partial charge in [0.05, 0.1) is 7.11 Å². The maximum absolute atomic E-state index is 11.8. The molecule has 0 aromatic heterocycles. The summed E-state index contributed by atoms with van der Waals surface area (Å²) in [6, 6.07) is 14.8. The fraction of sp³-hybridized carbons (Fsp3) is 0.0667. The molecular weight excluding hydrogens is 260 g/mol. The van der Waals surface area contributed by atoms with Gasteiger partial charge >= 0.3 is 12.1 Å². The maximum Gasteiger partial charge on any atom is 0.521 e. The predicted octanol–water partition coefficient (Wildman–Crippen LogP) is 3.05. The van der Waals surface area contributed by atoms with Crippen LogP contribution in [-0.4, -0.2) is 19.2 Å². The summed E-state index contributed by atoms with van der Waals surface area (Å²) in [5.74, 6) is -0.210. The summed E-state index contributed by atoms with van der Waals surface area (Å²) in [4.78, 5) is 23.3. The van der Waals surface area contributed by atoms with Gasteiger partial charge in [-0.05, 0) is 24.3 Å². The van der Waals surface area contributed by atoms with E-state index in [1.165, 1.54) is 13.2 Å². The van der Waals surface area contributed by atoms with Crippen molar-refractivity contribution in [2.24, 2.45) is 0 Å². The topological polar surface area (TPSA) is 61.8 Å². The Morgan fingerprint density at radius 1 is 0.900 bits per heavy atom. The number of rotatable bonds is 3. The van der Waals surface area contributed by atoms with Crippen LogP contribution >= 0.6 is 0 Å². The second-order valence-corrected chi connectivity index (χ2v) is 3.75. The lowest BCUT2D eigenvalue weighted by atomic mass is 10.2. The van der Waals surface area contributed by atoms with Gasteiger partial charge in [-0.15, -0.1) is 0 Å². The van der Waals surface area contributed by atoms with Crippen LogP contribution in [0.1, 0.15) is 10.4 Å². The standard InChI is InChI=1S/C15H12O5/c1-18-13-10-6-5-9-12(13)14(16)20-15(17)19-11-7-3-2-4-8-11/h2-10H,1H3. The van der Waals surface area contributed by atoms with Crippen molar-refractivity contribution >= 4 is 12.1 Å². The van der Waals surface area contributed by atoms with Crippen LogP contribution in [-0.2, 0) is 4.74 Å². The molecule has 0 fully saturated rings. The molecule has 0 aliphatic carbocycles. The lowest BCUT2D eigenvalue weighted by Gasteiger charge is -2.07. The Labute approximate surface area is 115 Å². The molecule has 0 amide bonds. The highest BCUT2D eigenvalue weighted by Crippen LogP contribution is 2.18. The largest absolute Gasteiger partial charge is 0.521 e. The Kier molecular flexibility index (Phi) is 4.34. The Bertz CT molecular complexity index is 607. The average Bonchev–Trinajstić information content (AvgIpc) is 2.48. The van der Waals surface area contributed by atoms with Crippen molar-refractivity contribution in [3.05, 3.63) is 60.2 Å². The first-order valence-corrected chi connectivity index (χ1v) is 5.83. The SMILES string of the molecule is COc1ccccc1C(=O)OC(=O)Oc1ccccc1. The minimum atomic E-state index is -1.09. The van der Waals surface area contributed by atoms with E-state index >= 15 is 0 Å². The number of benzene rings is 2. The molecule has 0 saturated heterocycles. The van der Waals surface area contributed by atoms with Gasteiger partial charge in [0, 0.05) is 0 Å². The summed E-state index contributed by atoms with van der Waals surface area (Å²) in [5.41, 5.74) is 0.153. The molecule has 0 atom stereocenters. The van der Waals surface area contributed by atoms with Gasteiger partial charge in [0.15, 0.2) is 0 Å². The van der Waals surface area contributed by atoms with Crippen molar-refractivity contribution in [1.82, 2.24) is 0 Å². The van der Waals surface area contributed by atoms with E-state index in [2.05, 4.69) is 4.74 Å². The van der Waals surface area contributed by atoms with E-state index in [1.54, 1.807) is 48.5 Å². The zero-order valence-corrected chi connectivity index (χ0v) is 10.7. The molecule has 2 aromatic rings. The molecule has 0 heterocycles. The number of methoxy groups -OCH3 is 1. The van der Waals surface area contributed by atoms with Crippen LogP contribution in [0.2, 0.25) is 0 Å². The number of carbonyl (C=O) groups excluding carboxylic acids is 2. The van der Waals surface area contributed by atoms with Crippen LogP contribution in [0.25, 0.3) is 0 Å². The van der Waals surface area contributed by atoms with Crippen LogP contribution in [0.15, 0.2) is 54.6 Å². The molecule has 102 valence electrons. The van der Waals surface area contributed by atoms with E-state index in [4.69, 9.17) is 9.47 Å². The smallest absolute Gasteiger partial charge is 0.496 e. The fourth-order valence-corrected chi connectivity index (χ4v) is 1.55. The molecule has 0 saturated carbocycles. The molecular formula is C15H12O5. The van der Waals surface area contributed by atoms with Gasteiger partial charge in [0.1, 0.15) is 17.1 Å². The minimum absolute atomic E-state index is 0.153. The molecule has 0 spiro atoms. The summed E-state index contributed by atoms with van der Waals surface area (Å²) in [5, 5.41) is 0. The van der Waals surface area contributed by atoms with Crippen LogP contribution in [0.4, 0.5) is 4.79 Å². The van der Waals surface area contributed by atoms with Gasteiger partial charge < -0.3 is 14.2 Å². The molecule has 20 heavy (non-hydrogen) atoms. The number of hydrogen-bond donors (Lipinski definition) is 0. The molecule has 2 rings (SSSR count). The van der Waals surface area contributed by atoms with Crippen molar-refractivity contribution in [2.45, 2.75) is 0 Å². The highest BCUT2D eigenvalue weighted by atomic mass is 16.7. The van der Waals surface area contributed by atoms with Crippen molar-refractivity contribution in [3.8, 4) is 11.5 Å². The zero-order chi connectivity index (χ0) is 14.4. The summed E-state index contributed by atoms with van der Waals surface area (Å²) in [6.45, 7) is 0. The third kappa shape index (κ3) is 3.35. The summed E-state index contributed by atoms with van der Waals surface area (Å²) < 4.78 is 14.5. The van der Waals surface area contributed by atoms with Crippen LogP contribution < -0.4 is 9.47 Å². The highest BCUT2D eigenvalue weighted by Gasteiger charge is 2.18. The normalized spacial score (nSPS) is 9.65. The minimum Gasteiger partial charge on any atom is -0.496 e. The van der Waals surface area contributed by atoms with Crippen LogP contribution in [0, 0.1) is 0 Å². The van der Waals surface area contributed by atoms with Gasteiger partial charge in [-0.25, -0.2) is 9.59 Å². The average molecular weight is 272 g/mol. The van der Waals surface area contributed by atoms with Gasteiger partial charge in [0.2, 0.25) is 0 Å². The summed E-state index contributed by atoms with van der Waals surface area (Å²) in [6.07, 6.45) is -1.09. The third-order valence-electron chi connectivity index (χ3n) is 2.45. The van der Waals surface area contributed by atoms with Gasteiger partial charge in [-0.3, -0.25) is 0 Å². The summed E-state index contributed by atoms with van der Waals surface area (Å²) >= 11 is 0. The predicted molar refractivity (Wildman–Crippen MR) is 70.9 cm³/mol. The van der Waals surface area contributed by atoms with E-state index in [0.29, 0.717) is 11.5 Å². The number of hydrogen-bond acceptors (Lipinski definition) is 5. The first kappa shape index (κ1) is 13.6. The van der Waals surface area contributed by atoms with Gasteiger partial charge in [-0.1, -0.05) is 30.3 Å². The Morgan fingerprint density at radius 3 is 2.25 bits per heavy atom. The first-order chi connectivity index (χ1) is 9.70. The van der Waals surface area contributed by atoms with Crippen molar-refractivity contribution < 1.29 is 23.8 Å². The maximum atomic E-state index is 11.8. The Balaban J connectivity index is 2.02. The van der Waals surface area contributed by atoms with E-state index in [1.807, 2.05) is 0 Å². The number of para-hydroxylation sites is 2. The second-order valence-electron chi connectivity index (χ2n) is 3.75. The molecule has 0 aliphatic rings. The molecule has 0 aliphatic heterocycles. The highest BCUT2D eigenvalue weighted by molar-refractivity contribution is 5.97. The molecule has 5 nitrogen and oxygen atoms in total. The zero-order valence-electron chi connectivity index (χ0n) is 10.7. The Morgan fingerprint density at radius 2 is 1.55 bits per heavy atom. The van der Waals surface area contributed by atoms with E-state index in [9.17, 15) is 9.59 Å². The van der Waals surface area contributed by atoms with Crippen molar-refractivity contribution in [3.63, 3.8) is 0 Å². The lowest BCUT2D eigenvalue weighted by molar-refractivity contribution is 0.0526. The van der Waals surface area contributed by atoms with Crippen LogP contribution in [0.5, 0.6) is 11.5 Å². The molecule has 0 N–H and O–H groups in total. The lowest BCUT2D eigenvalue weighted by Crippen LogP contribution is -2.17. The van der Waals surface area contributed by atoms with Crippen molar-refractivity contribution in [2.75, 3.05) is 7.11 Å². The van der Waals surface area contributed by atoms with E-state index in [0.717, 1.165) is 0 Å². The fourth-order valence-electron chi connectivity index (χ4n) is 1.55. The number of esters is 1. The van der Waals surface area contributed by atoms with E-state index in [-0.39, 0.29) is 5.56 Å². The molecule has 0 unspecified atom stereocenters. The monoisotopic (exact) mass is 272 g/mol. The quantitative estimate of drug-likeness (QED) is 0.488. The third-order valence-corrected chi connectivity index (χ3v) is 2.45. The van der Waals surface area contributed by atoms with Gasteiger partial charge in [0.25, 0.3) is 0 Å². The van der Waals surface area contributed by atoms with Crippen LogP contribution in [0.3, 0.4) is 0 Å². The molecule has 2 aromatic carbocycles. The second kappa shape index (κ2) is 6.38. The molecule has 5 heteroatoms. The summed E-state index contributed by atoms with van der Waals surface area (Å²) in [7, 11) is 1.43. The van der Waals surface area contributed by atoms with E-state index < -0.39 is 12.1 Å². The molecule has 0 bridgehead atoms.